The molecule has 3 aliphatic rings. The molecule has 3 heterocycles. The summed E-state index contributed by atoms with van der Waals surface area (Å²) in [6.07, 6.45) is 9.82. The number of pyridine rings is 2. The number of fused-ring (bicyclic) bond motifs is 4. The monoisotopic (exact) mass is 551 g/mol. The van der Waals surface area contributed by atoms with E-state index in [1.807, 2.05) is 37.8 Å². The van der Waals surface area contributed by atoms with E-state index in [2.05, 4.69) is 40.2 Å². The molecule has 1 amide bonds. The molecule has 214 valence electrons. The van der Waals surface area contributed by atoms with Crippen LogP contribution in [0.1, 0.15) is 93.5 Å². The molecule has 3 atom stereocenters. The van der Waals surface area contributed by atoms with Gasteiger partial charge < -0.3 is 14.5 Å². The van der Waals surface area contributed by atoms with E-state index in [1.165, 1.54) is 55.3 Å². The smallest absolute Gasteiger partial charge is 0.410 e. The molecule has 0 bridgehead atoms. The van der Waals surface area contributed by atoms with E-state index in [1.54, 1.807) is 6.20 Å². The maximum absolute atomic E-state index is 12.5. The van der Waals surface area contributed by atoms with Crippen molar-refractivity contribution in [2.24, 2.45) is 5.92 Å². The Bertz CT molecular complexity index is 1460. The number of carbonyl (C=O) groups excluding carboxylic acids is 1. The molecule has 2 unspecified atom stereocenters. The summed E-state index contributed by atoms with van der Waals surface area (Å²) in [5.41, 5.74) is 5.13. The third-order valence-corrected chi connectivity index (χ3v) is 9.23. The minimum absolute atomic E-state index is 0.225. The van der Waals surface area contributed by atoms with Crippen LogP contribution in [0.5, 0.6) is 0 Å². The van der Waals surface area contributed by atoms with Crippen LogP contribution >= 0.6 is 0 Å². The van der Waals surface area contributed by atoms with Crippen LogP contribution in [0.3, 0.4) is 0 Å². The van der Waals surface area contributed by atoms with Crippen molar-refractivity contribution in [2.75, 3.05) is 31.1 Å². The van der Waals surface area contributed by atoms with E-state index in [9.17, 15) is 10.1 Å². The van der Waals surface area contributed by atoms with Crippen LogP contribution in [-0.2, 0) is 11.2 Å². The molecule has 7 heteroatoms. The van der Waals surface area contributed by atoms with E-state index in [0.717, 1.165) is 36.2 Å². The van der Waals surface area contributed by atoms with Crippen molar-refractivity contribution >= 4 is 22.8 Å². The summed E-state index contributed by atoms with van der Waals surface area (Å²) in [5.74, 6) is 2.80. The Kier molecular flexibility index (Phi) is 7.59. The lowest BCUT2D eigenvalue weighted by atomic mass is 9.86. The number of hydrogen-bond acceptors (Lipinski definition) is 6. The molecule has 2 fully saturated rings. The number of anilines is 1. The first-order valence-electron chi connectivity index (χ1n) is 15.3. The highest BCUT2D eigenvalue weighted by molar-refractivity contribution is 5.87. The van der Waals surface area contributed by atoms with Crippen LogP contribution in [0.4, 0.5) is 10.6 Å². The number of rotatable bonds is 2. The first-order chi connectivity index (χ1) is 19.8. The zero-order valence-corrected chi connectivity index (χ0v) is 24.6. The number of piperazine rings is 1. The number of benzene rings is 1. The van der Waals surface area contributed by atoms with Gasteiger partial charge in [-0.2, -0.15) is 5.26 Å². The van der Waals surface area contributed by atoms with Crippen LogP contribution in [0.25, 0.3) is 10.9 Å². The Labute approximate surface area is 243 Å². The normalized spacial score (nSPS) is 23.1. The van der Waals surface area contributed by atoms with Crippen molar-refractivity contribution in [1.82, 2.24) is 14.9 Å². The summed E-state index contributed by atoms with van der Waals surface area (Å²) in [7, 11) is 0. The predicted molar refractivity (Wildman–Crippen MR) is 161 cm³/mol. The summed E-state index contributed by atoms with van der Waals surface area (Å²) >= 11 is 0. The van der Waals surface area contributed by atoms with Gasteiger partial charge in [0.2, 0.25) is 0 Å². The summed E-state index contributed by atoms with van der Waals surface area (Å²) in [6.45, 7) is 8.59. The maximum Gasteiger partial charge on any atom is 0.410 e. The van der Waals surface area contributed by atoms with Crippen molar-refractivity contribution in [3.8, 4) is 6.07 Å². The molecular formula is C34H41N5O2. The molecule has 6 rings (SSSR count). The second kappa shape index (κ2) is 11.3. The number of nitriles is 1. The highest BCUT2D eigenvalue weighted by atomic mass is 16.6. The second-order valence-electron chi connectivity index (χ2n) is 13.0. The summed E-state index contributed by atoms with van der Waals surface area (Å²) in [6, 6.07) is 15.1. The Morgan fingerprint density at radius 2 is 1.73 bits per heavy atom. The van der Waals surface area contributed by atoms with Gasteiger partial charge in [0, 0.05) is 43.5 Å². The lowest BCUT2D eigenvalue weighted by Crippen LogP contribution is -2.50. The quantitative estimate of drug-likeness (QED) is 0.343. The van der Waals surface area contributed by atoms with Crippen molar-refractivity contribution < 1.29 is 9.53 Å². The molecule has 1 aliphatic heterocycles. The van der Waals surface area contributed by atoms with Crippen molar-refractivity contribution in [2.45, 2.75) is 83.2 Å². The second-order valence-corrected chi connectivity index (χ2v) is 13.0. The van der Waals surface area contributed by atoms with Gasteiger partial charge in [-0.3, -0.25) is 4.98 Å². The van der Waals surface area contributed by atoms with Gasteiger partial charge >= 0.3 is 6.09 Å². The van der Waals surface area contributed by atoms with E-state index in [-0.39, 0.29) is 6.09 Å². The minimum atomic E-state index is -0.472. The number of aromatic nitrogens is 2. The van der Waals surface area contributed by atoms with E-state index < -0.39 is 5.60 Å². The fourth-order valence-corrected chi connectivity index (χ4v) is 7.27. The van der Waals surface area contributed by atoms with Gasteiger partial charge in [-0.15, -0.1) is 0 Å². The third kappa shape index (κ3) is 5.75. The van der Waals surface area contributed by atoms with Gasteiger partial charge in [0.15, 0.2) is 0 Å². The number of hydrogen-bond donors (Lipinski definition) is 0. The average molecular weight is 552 g/mol. The Morgan fingerprint density at radius 3 is 2.49 bits per heavy atom. The van der Waals surface area contributed by atoms with Gasteiger partial charge in [0.1, 0.15) is 17.5 Å². The number of carbonyl (C=O) groups is 1. The van der Waals surface area contributed by atoms with Gasteiger partial charge in [-0.25, -0.2) is 9.78 Å². The Balaban J connectivity index is 1.11. The molecule has 0 spiro atoms. The zero-order chi connectivity index (χ0) is 28.6. The fourth-order valence-electron chi connectivity index (χ4n) is 7.27. The van der Waals surface area contributed by atoms with Crippen LogP contribution in [0.2, 0.25) is 0 Å². The lowest BCUT2D eigenvalue weighted by molar-refractivity contribution is 0.0240. The van der Waals surface area contributed by atoms with Gasteiger partial charge in [-0.1, -0.05) is 31.0 Å². The number of amides is 1. The first kappa shape index (κ1) is 27.5. The highest BCUT2D eigenvalue weighted by Gasteiger charge is 2.35. The topological polar surface area (TPSA) is 82.4 Å². The standard InChI is InChI=1S/C34H41N5O2/c1-34(2,3)41-33(40)39-19-17-38(18-20-39)31-15-14-28-26-10-5-8-23(7-4-9-24(26)21-30(28)37-31)27-13-12-25(22-35)32-29(27)11-6-16-36-32/h6,11-16,23-24,26H,4-5,7-10,17-21H2,1-3H3/t23?,24?,26-/m1/s1. The van der Waals surface area contributed by atoms with Crippen LogP contribution in [0, 0.1) is 17.2 Å². The van der Waals surface area contributed by atoms with Crippen molar-refractivity contribution in [3.63, 3.8) is 0 Å². The van der Waals surface area contributed by atoms with Crippen LogP contribution in [-0.4, -0.2) is 52.7 Å². The fraction of sp³-hybridized carbons (Fsp3) is 0.529. The highest BCUT2D eigenvalue weighted by Crippen LogP contribution is 2.46. The van der Waals surface area contributed by atoms with E-state index in [4.69, 9.17) is 9.72 Å². The third-order valence-electron chi connectivity index (χ3n) is 9.23. The van der Waals surface area contributed by atoms with Crippen LogP contribution in [0.15, 0.2) is 42.6 Å². The molecule has 3 aromatic rings. The van der Waals surface area contributed by atoms with Gasteiger partial charge in [-0.05, 0) is 100.0 Å². The molecule has 0 N–H and O–H groups in total. The van der Waals surface area contributed by atoms with E-state index in [0.29, 0.717) is 36.4 Å². The first-order valence-corrected chi connectivity index (χ1v) is 15.3. The van der Waals surface area contributed by atoms with Gasteiger partial charge in [0.05, 0.1) is 11.1 Å². The zero-order valence-electron chi connectivity index (χ0n) is 24.6. The van der Waals surface area contributed by atoms with E-state index >= 15 is 0 Å². The summed E-state index contributed by atoms with van der Waals surface area (Å²) in [4.78, 5) is 26.3. The predicted octanol–water partition coefficient (Wildman–Crippen LogP) is 6.95. The molecule has 7 nitrogen and oxygen atoms in total. The molecular weight excluding hydrogens is 510 g/mol. The van der Waals surface area contributed by atoms with Gasteiger partial charge in [0.25, 0.3) is 0 Å². The maximum atomic E-state index is 12.5. The number of ether oxygens (including phenoxy) is 1. The average Bonchev–Trinajstić information content (AvgIpc) is 3.35. The number of nitrogens with zero attached hydrogens (tertiary/aromatic N) is 5. The lowest BCUT2D eigenvalue weighted by Gasteiger charge is -2.36. The minimum Gasteiger partial charge on any atom is -0.444 e. The molecule has 2 aromatic heterocycles. The van der Waals surface area contributed by atoms with Crippen molar-refractivity contribution in [1.29, 1.82) is 5.26 Å². The molecule has 2 aliphatic carbocycles. The SMILES string of the molecule is CC(C)(C)OC(=O)N1CCN(c2ccc3c(n2)CC2CCCC(c4ccc(C#N)c5ncccc45)CCC[C@@H]32)CC1. The molecule has 0 radical (unpaired) electrons. The Morgan fingerprint density at radius 1 is 0.976 bits per heavy atom. The summed E-state index contributed by atoms with van der Waals surface area (Å²) in [5, 5.41) is 10.7. The largest absolute Gasteiger partial charge is 0.444 e. The molecule has 1 saturated heterocycles. The van der Waals surface area contributed by atoms with Crippen LogP contribution < -0.4 is 4.90 Å². The van der Waals surface area contributed by atoms with Crippen molar-refractivity contribution in [3.05, 3.63) is 65.0 Å². The molecule has 1 saturated carbocycles. The molecule has 1 aromatic carbocycles. The Hall–Kier alpha value is -3.66. The summed E-state index contributed by atoms with van der Waals surface area (Å²) < 4.78 is 5.56. The molecule has 41 heavy (non-hydrogen) atoms.